The van der Waals surface area contributed by atoms with Gasteiger partial charge in [0.1, 0.15) is 18.7 Å². The molecule has 2 aromatic heterocycles. The van der Waals surface area contributed by atoms with E-state index < -0.39 is 0 Å². The summed E-state index contributed by atoms with van der Waals surface area (Å²) in [5, 5.41) is 15.1. The van der Waals surface area contributed by atoms with Crippen LogP contribution < -0.4 is 10.6 Å². The molecule has 0 aliphatic heterocycles. The summed E-state index contributed by atoms with van der Waals surface area (Å²) >= 11 is 0. The van der Waals surface area contributed by atoms with Gasteiger partial charge in [0.15, 0.2) is 5.96 Å². The van der Waals surface area contributed by atoms with Crippen LogP contribution in [-0.4, -0.2) is 43.6 Å². The Bertz CT molecular complexity index is 667. The first-order chi connectivity index (χ1) is 11.0. The Morgan fingerprint density at radius 2 is 2.00 bits per heavy atom. The maximum Gasteiger partial charge on any atom is 0.191 e. The summed E-state index contributed by atoms with van der Waals surface area (Å²) in [6, 6.07) is 0. The fourth-order valence-electron chi connectivity index (χ4n) is 2.44. The highest BCUT2D eigenvalue weighted by Crippen LogP contribution is 2.11. The molecule has 8 heteroatoms. The van der Waals surface area contributed by atoms with Crippen LogP contribution in [0, 0.1) is 13.8 Å². The van der Waals surface area contributed by atoms with Crippen LogP contribution in [-0.2, 0) is 27.1 Å². The first kappa shape index (κ1) is 17.0. The largest absolute Gasteiger partial charge is 0.357 e. The fourth-order valence-corrected chi connectivity index (χ4v) is 2.44. The highest BCUT2D eigenvalue weighted by atomic mass is 15.3. The molecule has 0 unspecified atom stereocenters. The first-order valence-corrected chi connectivity index (χ1v) is 7.87. The molecular formula is C15H26N8. The maximum atomic E-state index is 4.55. The summed E-state index contributed by atoms with van der Waals surface area (Å²) in [4.78, 5) is 8.73. The highest BCUT2D eigenvalue weighted by molar-refractivity contribution is 5.79. The van der Waals surface area contributed by atoms with E-state index >= 15 is 0 Å². The Kier molecular flexibility index (Phi) is 5.72. The van der Waals surface area contributed by atoms with Crippen LogP contribution in [0.1, 0.15) is 29.7 Å². The topological polar surface area (TPSA) is 84.9 Å². The molecule has 0 radical (unpaired) electrons. The summed E-state index contributed by atoms with van der Waals surface area (Å²) in [7, 11) is 3.85. The van der Waals surface area contributed by atoms with Gasteiger partial charge in [-0.25, -0.2) is 9.98 Å². The lowest BCUT2D eigenvalue weighted by Crippen LogP contribution is -2.38. The van der Waals surface area contributed by atoms with E-state index in [0.717, 1.165) is 37.0 Å². The Labute approximate surface area is 137 Å². The average molecular weight is 318 g/mol. The van der Waals surface area contributed by atoms with Gasteiger partial charge < -0.3 is 10.6 Å². The molecule has 0 spiro atoms. The smallest absolute Gasteiger partial charge is 0.191 e. The quantitative estimate of drug-likeness (QED) is 0.597. The number of hydrogen-bond donors (Lipinski definition) is 2. The van der Waals surface area contributed by atoms with E-state index in [9.17, 15) is 0 Å². The van der Waals surface area contributed by atoms with Gasteiger partial charge in [0.25, 0.3) is 0 Å². The van der Waals surface area contributed by atoms with Crippen molar-refractivity contribution in [3.05, 3.63) is 29.1 Å². The van der Waals surface area contributed by atoms with Crippen molar-refractivity contribution >= 4 is 5.96 Å². The number of aliphatic imine (C=N–C) groups is 1. The molecule has 0 aliphatic rings. The lowest BCUT2D eigenvalue weighted by atomic mass is 10.1. The van der Waals surface area contributed by atoms with Gasteiger partial charge in [0.05, 0.1) is 5.69 Å². The minimum atomic E-state index is 0.497. The molecule has 0 atom stereocenters. The average Bonchev–Trinajstić information content (AvgIpc) is 3.02. The van der Waals surface area contributed by atoms with E-state index in [1.165, 1.54) is 11.3 Å². The van der Waals surface area contributed by atoms with Crippen molar-refractivity contribution in [2.24, 2.45) is 19.1 Å². The predicted molar refractivity (Wildman–Crippen MR) is 90.2 cm³/mol. The zero-order valence-corrected chi connectivity index (χ0v) is 14.6. The van der Waals surface area contributed by atoms with Crippen LogP contribution in [0.25, 0.3) is 0 Å². The number of guanidine groups is 1. The first-order valence-electron chi connectivity index (χ1n) is 7.87. The molecule has 2 rings (SSSR count). The molecule has 0 fully saturated rings. The molecule has 0 amide bonds. The van der Waals surface area contributed by atoms with Crippen LogP contribution in [0.5, 0.6) is 0 Å². The van der Waals surface area contributed by atoms with Gasteiger partial charge in [-0.2, -0.15) is 10.2 Å². The lowest BCUT2D eigenvalue weighted by molar-refractivity contribution is 0.697. The zero-order valence-electron chi connectivity index (χ0n) is 14.6. The van der Waals surface area contributed by atoms with Crippen molar-refractivity contribution in [3.63, 3.8) is 0 Å². The molecule has 2 heterocycles. The van der Waals surface area contributed by atoms with Gasteiger partial charge in [-0.05, 0) is 32.8 Å². The molecule has 0 saturated carbocycles. The highest BCUT2D eigenvalue weighted by Gasteiger charge is 2.09. The van der Waals surface area contributed by atoms with E-state index in [-0.39, 0.29) is 0 Å². The van der Waals surface area contributed by atoms with Crippen molar-refractivity contribution in [1.29, 1.82) is 0 Å². The van der Waals surface area contributed by atoms with Crippen molar-refractivity contribution in [2.45, 2.75) is 33.7 Å². The van der Waals surface area contributed by atoms with Crippen molar-refractivity contribution < 1.29 is 0 Å². The van der Waals surface area contributed by atoms with Crippen LogP contribution in [0.15, 0.2) is 11.3 Å². The molecule has 126 valence electrons. The fraction of sp³-hybridized carbons (Fsp3) is 0.600. The standard InChI is InChI=1S/C15H26N8/c1-6-16-15(18-9-14-19-10-20-23(14)5)17-8-7-13-11(2)21-22(4)12(13)3/h10H,6-9H2,1-5H3,(H2,16,17,18). The van der Waals surface area contributed by atoms with Crippen molar-refractivity contribution in [1.82, 2.24) is 35.2 Å². The summed E-state index contributed by atoms with van der Waals surface area (Å²) < 4.78 is 3.66. The normalized spacial score (nSPS) is 11.8. The second-order valence-corrected chi connectivity index (χ2v) is 5.44. The van der Waals surface area contributed by atoms with Gasteiger partial charge in [-0.1, -0.05) is 0 Å². The number of rotatable bonds is 6. The molecular weight excluding hydrogens is 292 g/mol. The third kappa shape index (κ3) is 4.30. The van der Waals surface area contributed by atoms with Gasteiger partial charge in [-0.15, -0.1) is 0 Å². The summed E-state index contributed by atoms with van der Waals surface area (Å²) in [6.45, 7) is 8.32. The molecule has 0 saturated heterocycles. The van der Waals surface area contributed by atoms with E-state index in [0.29, 0.717) is 6.54 Å². The molecule has 0 aromatic carbocycles. The lowest BCUT2D eigenvalue weighted by Gasteiger charge is -2.11. The van der Waals surface area contributed by atoms with Crippen molar-refractivity contribution in [3.8, 4) is 0 Å². The van der Waals surface area contributed by atoms with E-state index in [1.54, 1.807) is 11.0 Å². The Balaban J connectivity index is 1.93. The number of nitrogens with one attached hydrogen (secondary N) is 2. The number of aromatic nitrogens is 5. The summed E-state index contributed by atoms with van der Waals surface area (Å²) in [6.07, 6.45) is 2.46. The monoisotopic (exact) mass is 318 g/mol. The van der Waals surface area contributed by atoms with Crippen LogP contribution in [0.3, 0.4) is 0 Å². The Hall–Kier alpha value is -2.38. The molecule has 2 N–H and O–H groups in total. The second kappa shape index (κ2) is 7.75. The maximum absolute atomic E-state index is 4.55. The third-order valence-corrected chi connectivity index (χ3v) is 3.85. The minimum Gasteiger partial charge on any atom is -0.357 e. The molecule has 23 heavy (non-hydrogen) atoms. The number of nitrogens with zero attached hydrogens (tertiary/aromatic N) is 6. The Morgan fingerprint density at radius 3 is 2.57 bits per heavy atom. The van der Waals surface area contributed by atoms with E-state index in [1.807, 2.05) is 18.8 Å². The van der Waals surface area contributed by atoms with Crippen molar-refractivity contribution in [2.75, 3.05) is 13.1 Å². The van der Waals surface area contributed by atoms with E-state index in [2.05, 4.69) is 51.6 Å². The number of aryl methyl sites for hydroxylation is 3. The summed E-state index contributed by atoms with van der Waals surface area (Å²) in [5.74, 6) is 1.62. The SMILES string of the molecule is CCNC(=NCc1ncnn1C)NCCc1c(C)nn(C)c1C. The number of hydrogen-bond acceptors (Lipinski definition) is 4. The predicted octanol–water partition coefficient (Wildman–Crippen LogP) is 0.463. The van der Waals surface area contributed by atoms with Gasteiger partial charge >= 0.3 is 0 Å². The van der Waals surface area contributed by atoms with Crippen LogP contribution in [0.2, 0.25) is 0 Å². The van der Waals surface area contributed by atoms with Gasteiger partial charge in [0.2, 0.25) is 0 Å². The third-order valence-electron chi connectivity index (χ3n) is 3.85. The van der Waals surface area contributed by atoms with Crippen LogP contribution in [0.4, 0.5) is 0 Å². The van der Waals surface area contributed by atoms with Crippen LogP contribution >= 0.6 is 0 Å². The second-order valence-electron chi connectivity index (χ2n) is 5.44. The minimum absolute atomic E-state index is 0.497. The Morgan fingerprint density at radius 1 is 1.22 bits per heavy atom. The van der Waals surface area contributed by atoms with E-state index in [4.69, 9.17) is 0 Å². The molecule has 8 nitrogen and oxygen atoms in total. The molecule has 0 bridgehead atoms. The zero-order chi connectivity index (χ0) is 16.8. The summed E-state index contributed by atoms with van der Waals surface area (Å²) in [5.41, 5.74) is 3.60. The van der Waals surface area contributed by atoms with Gasteiger partial charge in [0, 0.05) is 32.9 Å². The molecule has 2 aromatic rings. The van der Waals surface area contributed by atoms with Gasteiger partial charge in [-0.3, -0.25) is 9.36 Å². The molecule has 0 aliphatic carbocycles.